The van der Waals surface area contributed by atoms with Gasteiger partial charge in [0, 0.05) is 19.5 Å². The van der Waals surface area contributed by atoms with Gasteiger partial charge in [-0.05, 0) is 68.1 Å². The predicted octanol–water partition coefficient (Wildman–Crippen LogP) is 1.19. The third-order valence-corrected chi connectivity index (χ3v) is 6.89. The molecule has 5 rings (SSSR count). The number of nitrogens with one attached hydrogen (secondary N) is 2. The summed E-state index contributed by atoms with van der Waals surface area (Å²) >= 11 is 0. The van der Waals surface area contributed by atoms with Crippen LogP contribution < -0.4 is 10.6 Å². The Hall–Kier alpha value is -2.12. The topological polar surface area (TPSA) is 105 Å². The molecule has 1 saturated heterocycles. The number of carbonyl (C=O) groups excluding carboxylic acids is 4. The van der Waals surface area contributed by atoms with Gasteiger partial charge in [-0.25, -0.2) is 4.79 Å². The molecule has 4 bridgehead atoms. The van der Waals surface area contributed by atoms with Crippen molar-refractivity contribution >= 4 is 23.8 Å². The van der Waals surface area contributed by atoms with E-state index >= 15 is 0 Å². The molecule has 0 radical (unpaired) electrons. The summed E-state index contributed by atoms with van der Waals surface area (Å²) in [6.45, 7) is 0.610. The quantitative estimate of drug-likeness (QED) is 0.478. The zero-order valence-corrected chi connectivity index (χ0v) is 16.2. The van der Waals surface area contributed by atoms with E-state index in [0.717, 1.165) is 22.7 Å². The Labute approximate surface area is 164 Å². The number of imide groups is 1. The average Bonchev–Trinajstić information content (AvgIpc) is 2.96. The fourth-order valence-electron chi connectivity index (χ4n) is 6.12. The van der Waals surface area contributed by atoms with E-state index in [1.807, 2.05) is 0 Å². The maximum absolute atomic E-state index is 12.1. The summed E-state index contributed by atoms with van der Waals surface area (Å²) in [5.41, 5.74) is 0.261. The molecule has 0 aromatic rings. The number of hydrogen-bond donors (Lipinski definition) is 2. The molecule has 5 aliphatic rings. The Kier molecular flexibility index (Phi) is 5.29. The van der Waals surface area contributed by atoms with E-state index in [1.54, 1.807) is 0 Å². The van der Waals surface area contributed by atoms with E-state index in [0.29, 0.717) is 13.0 Å². The highest BCUT2D eigenvalue weighted by atomic mass is 16.5. The monoisotopic (exact) mass is 391 g/mol. The van der Waals surface area contributed by atoms with Crippen LogP contribution in [0.1, 0.15) is 51.4 Å². The van der Waals surface area contributed by atoms with Gasteiger partial charge in [-0.1, -0.05) is 0 Å². The van der Waals surface area contributed by atoms with Gasteiger partial charge < -0.3 is 15.4 Å². The van der Waals surface area contributed by atoms with Crippen LogP contribution in [0.25, 0.3) is 0 Å². The summed E-state index contributed by atoms with van der Waals surface area (Å²) in [5.74, 6) is 1.49. The van der Waals surface area contributed by atoms with Crippen molar-refractivity contribution < 1.29 is 23.9 Å². The SMILES string of the molecule is O=C(COC(=O)CCCN1C(=O)CNC1=O)NCC12CC3CC(CC(C3)C1)C2. The summed E-state index contributed by atoms with van der Waals surface area (Å²) in [7, 11) is 0. The van der Waals surface area contributed by atoms with Crippen LogP contribution in [-0.2, 0) is 19.1 Å². The van der Waals surface area contributed by atoms with Gasteiger partial charge in [-0.2, -0.15) is 0 Å². The van der Waals surface area contributed by atoms with E-state index < -0.39 is 12.0 Å². The molecule has 5 fully saturated rings. The normalized spacial score (nSPS) is 33.1. The van der Waals surface area contributed by atoms with Crippen molar-refractivity contribution in [2.45, 2.75) is 51.4 Å². The summed E-state index contributed by atoms with van der Waals surface area (Å²) in [6, 6.07) is -0.428. The van der Waals surface area contributed by atoms with E-state index in [9.17, 15) is 19.2 Å². The molecule has 8 heteroatoms. The number of carbonyl (C=O) groups is 4. The summed E-state index contributed by atoms with van der Waals surface area (Å²) < 4.78 is 5.04. The molecule has 1 heterocycles. The highest BCUT2D eigenvalue weighted by Gasteiger charge is 2.50. The largest absolute Gasteiger partial charge is 0.456 e. The smallest absolute Gasteiger partial charge is 0.324 e. The first kappa shape index (κ1) is 19.2. The van der Waals surface area contributed by atoms with Gasteiger partial charge in [0.2, 0.25) is 5.91 Å². The Morgan fingerprint density at radius 3 is 2.32 bits per heavy atom. The van der Waals surface area contributed by atoms with Crippen LogP contribution in [0.2, 0.25) is 0 Å². The standard InChI is InChI=1S/C20H29N3O5/c24-16(11-28-18(26)2-1-3-23-17(25)10-21-19(23)27)22-12-20-7-13-4-14(8-20)6-15(5-13)9-20/h13-15H,1-12H2,(H,21,27)(H,22,24). The molecule has 2 N–H and O–H groups in total. The van der Waals surface area contributed by atoms with Crippen LogP contribution in [0.3, 0.4) is 0 Å². The molecule has 1 aliphatic heterocycles. The number of rotatable bonds is 8. The van der Waals surface area contributed by atoms with E-state index in [4.69, 9.17) is 4.74 Å². The second-order valence-corrected chi connectivity index (χ2v) is 9.16. The Balaban J connectivity index is 1.13. The number of esters is 1. The van der Waals surface area contributed by atoms with Crippen LogP contribution in [0.5, 0.6) is 0 Å². The maximum atomic E-state index is 12.1. The minimum atomic E-state index is -0.489. The molecule has 0 unspecified atom stereocenters. The van der Waals surface area contributed by atoms with Crippen molar-refractivity contribution in [1.82, 2.24) is 15.5 Å². The van der Waals surface area contributed by atoms with Gasteiger partial charge in [0.05, 0.1) is 6.54 Å². The first-order valence-corrected chi connectivity index (χ1v) is 10.4. The van der Waals surface area contributed by atoms with Gasteiger partial charge in [-0.3, -0.25) is 19.3 Å². The van der Waals surface area contributed by atoms with Crippen molar-refractivity contribution in [3.05, 3.63) is 0 Å². The third kappa shape index (κ3) is 4.15. The second-order valence-electron chi connectivity index (χ2n) is 9.16. The fraction of sp³-hybridized carbons (Fsp3) is 0.800. The van der Waals surface area contributed by atoms with Crippen molar-refractivity contribution in [3.63, 3.8) is 0 Å². The first-order valence-electron chi connectivity index (χ1n) is 10.4. The number of urea groups is 1. The summed E-state index contributed by atoms with van der Waals surface area (Å²) in [6.07, 6.45) is 8.18. The number of hydrogen-bond acceptors (Lipinski definition) is 5. The highest BCUT2D eigenvalue weighted by molar-refractivity contribution is 6.01. The molecule has 0 aromatic carbocycles. The average molecular weight is 391 g/mol. The minimum absolute atomic E-state index is 0.00713. The molecule has 0 spiro atoms. The van der Waals surface area contributed by atoms with Gasteiger partial charge >= 0.3 is 12.0 Å². The minimum Gasteiger partial charge on any atom is -0.456 e. The van der Waals surface area contributed by atoms with Crippen LogP contribution in [0, 0.1) is 23.2 Å². The molecule has 4 amide bonds. The lowest BCUT2D eigenvalue weighted by Crippen LogP contribution is -2.51. The molecule has 8 nitrogen and oxygen atoms in total. The van der Waals surface area contributed by atoms with Crippen molar-refractivity contribution in [3.8, 4) is 0 Å². The van der Waals surface area contributed by atoms with Crippen LogP contribution in [0.15, 0.2) is 0 Å². The molecule has 0 atom stereocenters. The van der Waals surface area contributed by atoms with Gasteiger partial charge in [-0.15, -0.1) is 0 Å². The Morgan fingerprint density at radius 2 is 1.75 bits per heavy atom. The zero-order valence-electron chi connectivity index (χ0n) is 16.2. The Bertz CT molecular complexity index is 625. The lowest BCUT2D eigenvalue weighted by Gasteiger charge is -2.56. The van der Waals surface area contributed by atoms with Crippen LogP contribution in [0.4, 0.5) is 4.79 Å². The van der Waals surface area contributed by atoms with E-state index in [1.165, 1.54) is 38.5 Å². The van der Waals surface area contributed by atoms with Gasteiger partial charge in [0.15, 0.2) is 6.61 Å². The Morgan fingerprint density at radius 1 is 1.11 bits per heavy atom. The zero-order chi connectivity index (χ0) is 19.7. The van der Waals surface area contributed by atoms with Gasteiger partial charge in [0.25, 0.3) is 5.91 Å². The number of ether oxygens (including phenoxy) is 1. The third-order valence-electron chi connectivity index (χ3n) is 6.89. The van der Waals surface area contributed by atoms with E-state index in [2.05, 4.69) is 10.6 Å². The van der Waals surface area contributed by atoms with Crippen molar-refractivity contribution in [2.24, 2.45) is 23.2 Å². The predicted molar refractivity (Wildman–Crippen MR) is 98.9 cm³/mol. The lowest BCUT2D eigenvalue weighted by atomic mass is 9.49. The summed E-state index contributed by atoms with van der Waals surface area (Å²) in [5, 5.41) is 5.41. The fourth-order valence-corrected chi connectivity index (χ4v) is 6.12. The molecule has 0 aromatic heterocycles. The van der Waals surface area contributed by atoms with Crippen LogP contribution in [-0.4, -0.2) is 55.0 Å². The van der Waals surface area contributed by atoms with E-state index in [-0.39, 0.29) is 43.3 Å². The van der Waals surface area contributed by atoms with Crippen molar-refractivity contribution in [2.75, 3.05) is 26.2 Å². The molecule has 28 heavy (non-hydrogen) atoms. The number of nitrogens with zero attached hydrogens (tertiary/aromatic N) is 1. The first-order chi connectivity index (χ1) is 13.4. The molecule has 4 saturated carbocycles. The maximum Gasteiger partial charge on any atom is 0.324 e. The number of amides is 4. The van der Waals surface area contributed by atoms with Crippen molar-refractivity contribution in [1.29, 1.82) is 0 Å². The second kappa shape index (κ2) is 7.72. The highest BCUT2D eigenvalue weighted by Crippen LogP contribution is 2.59. The molecular weight excluding hydrogens is 362 g/mol. The molecule has 4 aliphatic carbocycles. The lowest BCUT2D eigenvalue weighted by molar-refractivity contribution is -0.149. The van der Waals surface area contributed by atoms with Gasteiger partial charge in [0.1, 0.15) is 0 Å². The summed E-state index contributed by atoms with van der Waals surface area (Å²) in [4.78, 5) is 47.9. The molecular formula is C20H29N3O5. The van der Waals surface area contributed by atoms with Crippen LogP contribution >= 0.6 is 0 Å². The molecule has 154 valence electrons.